The van der Waals surface area contributed by atoms with Gasteiger partial charge in [0.1, 0.15) is 6.29 Å². The molecule has 2 aromatic carbocycles. The van der Waals surface area contributed by atoms with E-state index in [9.17, 15) is 4.79 Å². The molecule has 5 N–H and O–H groups in total. The fraction of sp³-hybridized carbons (Fsp3) is 0.645. The predicted molar refractivity (Wildman–Crippen MR) is 161 cm³/mol. The number of ether oxygens (including phenoxy) is 1. The summed E-state index contributed by atoms with van der Waals surface area (Å²) in [6.45, 7) is 5.39. The molecule has 1 heterocycles. The van der Waals surface area contributed by atoms with Gasteiger partial charge in [-0.2, -0.15) is 0 Å². The number of nitrogens with one attached hydrogen (secondary N) is 5. The molecule has 2 aliphatic rings. The molecule has 3 atom stereocenters. The third kappa shape index (κ3) is 8.63. The normalized spacial score (nSPS) is 24.1. The standard InChI is InChI=1S/C31H50N6O2/c1-24-31(17-11-7-5-4-6-8-12-18-31)28(32-19-21-39-22-20-37(2)3)35-29(33-24)36-30(38)34-27-16-15-25-13-9-10-14-26(25)23-27/h9-10,13-16,23-24,28-29,32-33,35H,4-8,11-12,17-22H2,1-3H3,(H2,34,36,38). The third-order valence-corrected chi connectivity index (χ3v) is 8.53. The summed E-state index contributed by atoms with van der Waals surface area (Å²) in [5, 5.41) is 19.6. The molecule has 0 aromatic heterocycles. The van der Waals surface area contributed by atoms with Gasteiger partial charge in [-0.05, 0) is 56.8 Å². The first-order chi connectivity index (χ1) is 19.0. The Bertz CT molecular complexity index is 1020. The van der Waals surface area contributed by atoms with Crippen LogP contribution in [-0.4, -0.2) is 69.8 Å². The van der Waals surface area contributed by atoms with Gasteiger partial charge in [-0.3, -0.25) is 16.0 Å². The van der Waals surface area contributed by atoms with Crippen LogP contribution in [0.3, 0.4) is 0 Å². The fourth-order valence-electron chi connectivity index (χ4n) is 6.22. The highest BCUT2D eigenvalue weighted by atomic mass is 16.5. The molecule has 3 unspecified atom stereocenters. The van der Waals surface area contributed by atoms with Gasteiger partial charge in [-0.15, -0.1) is 0 Å². The second-order valence-electron chi connectivity index (χ2n) is 11.7. The van der Waals surface area contributed by atoms with Gasteiger partial charge in [0.15, 0.2) is 0 Å². The van der Waals surface area contributed by atoms with Crippen LogP contribution < -0.4 is 26.6 Å². The van der Waals surface area contributed by atoms with Crippen molar-refractivity contribution >= 4 is 22.5 Å². The van der Waals surface area contributed by atoms with Crippen LogP contribution in [0, 0.1) is 5.41 Å². The summed E-state index contributed by atoms with van der Waals surface area (Å²) in [7, 11) is 4.13. The Labute approximate surface area is 235 Å². The van der Waals surface area contributed by atoms with Crippen LogP contribution in [0.1, 0.15) is 64.7 Å². The smallest absolute Gasteiger partial charge is 0.321 e. The van der Waals surface area contributed by atoms with Crippen molar-refractivity contribution in [2.75, 3.05) is 45.7 Å². The lowest BCUT2D eigenvalue weighted by Crippen LogP contribution is -2.75. The summed E-state index contributed by atoms with van der Waals surface area (Å²) in [6.07, 6.45) is 11.2. The molecule has 2 amide bonds. The van der Waals surface area contributed by atoms with Crippen molar-refractivity contribution in [3.63, 3.8) is 0 Å². The van der Waals surface area contributed by atoms with Crippen molar-refractivity contribution in [2.45, 2.75) is 83.2 Å². The molecular formula is C31H50N6O2. The van der Waals surface area contributed by atoms with Crippen molar-refractivity contribution in [3.05, 3.63) is 42.5 Å². The fourth-order valence-corrected chi connectivity index (χ4v) is 6.22. The predicted octanol–water partition coefficient (Wildman–Crippen LogP) is 4.83. The second-order valence-corrected chi connectivity index (χ2v) is 11.7. The van der Waals surface area contributed by atoms with Crippen LogP contribution in [0.25, 0.3) is 10.8 Å². The number of likely N-dealkylation sites (N-methyl/N-ethyl adjacent to an activating group) is 1. The summed E-state index contributed by atoms with van der Waals surface area (Å²) < 4.78 is 5.88. The number of anilines is 1. The van der Waals surface area contributed by atoms with Crippen molar-refractivity contribution in [1.82, 2.24) is 26.2 Å². The Morgan fingerprint density at radius 1 is 0.949 bits per heavy atom. The summed E-state index contributed by atoms with van der Waals surface area (Å²) in [4.78, 5) is 15.2. The number of urea groups is 1. The number of benzene rings is 2. The minimum Gasteiger partial charge on any atom is -0.379 e. The highest BCUT2D eigenvalue weighted by Crippen LogP contribution is 2.40. The molecule has 1 saturated carbocycles. The highest BCUT2D eigenvalue weighted by molar-refractivity contribution is 5.93. The second kappa shape index (κ2) is 15.0. The third-order valence-electron chi connectivity index (χ3n) is 8.53. The average Bonchev–Trinajstić information content (AvgIpc) is 2.92. The Kier molecular flexibility index (Phi) is 11.4. The monoisotopic (exact) mass is 538 g/mol. The first-order valence-electron chi connectivity index (χ1n) is 15.0. The van der Waals surface area contributed by atoms with E-state index in [0.29, 0.717) is 6.61 Å². The zero-order valence-corrected chi connectivity index (χ0v) is 24.2. The average molecular weight is 539 g/mol. The van der Waals surface area contributed by atoms with Gasteiger partial charge in [-0.1, -0.05) is 75.3 Å². The van der Waals surface area contributed by atoms with Gasteiger partial charge in [0.25, 0.3) is 0 Å². The number of carbonyl (C=O) groups is 1. The lowest BCUT2D eigenvalue weighted by molar-refractivity contribution is 0.00938. The molecule has 2 fully saturated rings. The lowest BCUT2D eigenvalue weighted by Gasteiger charge is -2.53. The van der Waals surface area contributed by atoms with Crippen molar-refractivity contribution in [1.29, 1.82) is 0 Å². The van der Waals surface area contributed by atoms with Crippen LogP contribution in [0.5, 0.6) is 0 Å². The van der Waals surface area contributed by atoms with Gasteiger partial charge >= 0.3 is 6.03 Å². The zero-order chi connectivity index (χ0) is 27.5. The molecule has 39 heavy (non-hydrogen) atoms. The molecule has 0 radical (unpaired) electrons. The van der Waals surface area contributed by atoms with Gasteiger partial charge in [0.05, 0.1) is 19.4 Å². The largest absolute Gasteiger partial charge is 0.379 e. The first kappa shape index (κ1) is 29.7. The van der Waals surface area contributed by atoms with Gasteiger partial charge < -0.3 is 20.3 Å². The number of nitrogens with zero attached hydrogens (tertiary/aromatic N) is 1. The van der Waals surface area contributed by atoms with Gasteiger partial charge in [0, 0.05) is 30.2 Å². The van der Waals surface area contributed by atoms with Gasteiger partial charge in [-0.25, -0.2) is 4.79 Å². The number of hydrogen-bond donors (Lipinski definition) is 5. The Hall–Kier alpha value is -2.23. The molecule has 1 saturated heterocycles. The SMILES string of the molecule is CC1NC(NC(=O)Nc2ccc3ccccc3c2)NC(NCCOCCN(C)C)C12CCCCCCCCC2. The number of hydrogen-bond acceptors (Lipinski definition) is 6. The summed E-state index contributed by atoms with van der Waals surface area (Å²) in [5.74, 6) is 0. The summed E-state index contributed by atoms with van der Waals surface area (Å²) in [6, 6.07) is 14.2. The minimum atomic E-state index is -0.339. The Balaban J connectivity index is 1.40. The maximum absolute atomic E-state index is 13.0. The molecule has 8 nitrogen and oxygen atoms in total. The number of fused-ring (bicyclic) bond motifs is 1. The van der Waals surface area contributed by atoms with E-state index in [2.05, 4.69) is 64.6 Å². The van der Waals surface area contributed by atoms with Crippen LogP contribution in [0.15, 0.2) is 42.5 Å². The van der Waals surface area contributed by atoms with Crippen molar-refractivity contribution in [2.24, 2.45) is 5.41 Å². The van der Waals surface area contributed by atoms with Crippen LogP contribution >= 0.6 is 0 Å². The van der Waals surface area contributed by atoms with E-state index in [1.54, 1.807) is 0 Å². The van der Waals surface area contributed by atoms with Crippen molar-refractivity contribution < 1.29 is 9.53 Å². The van der Waals surface area contributed by atoms with E-state index in [4.69, 9.17) is 4.74 Å². The molecule has 216 valence electrons. The van der Waals surface area contributed by atoms with E-state index in [1.807, 2.05) is 30.3 Å². The maximum atomic E-state index is 13.0. The molecule has 8 heteroatoms. The minimum absolute atomic E-state index is 0.0774. The molecule has 1 aliphatic carbocycles. The Morgan fingerprint density at radius 2 is 1.64 bits per heavy atom. The van der Waals surface area contributed by atoms with E-state index >= 15 is 0 Å². The van der Waals surface area contributed by atoms with E-state index in [0.717, 1.165) is 36.2 Å². The molecular weight excluding hydrogens is 488 g/mol. The van der Waals surface area contributed by atoms with Gasteiger partial charge in [0.2, 0.25) is 0 Å². The zero-order valence-electron chi connectivity index (χ0n) is 24.2. The summed E-state index contributed by atoms with van der Waals surface area (Å²) in [5.41, 5.74) is 0.858. The highest BCUT2D eigenvalue weighted by Gasteiger charge is 2.47. The van der Waals surface area contributed by atoms with Crippen LogP contribution in [0.4, 0.5) is 10.5 Å². The van der Waals surface area contributed by atoms with E-state index in [-0.39, 0.29) is 29.9 Å². The molecule has 2 aromatic rings. The molecule has 1 spiro atoms. The number of carbonyl (C=O) groups excluding carboxylic acids is 1. The number of amides is 2. The molecule has 4 rings (SSSR count). The van der Waals surface area contributed by atoms with Crippen LogP contribution in [0.2, 0.25) is 0 Å². The quantitative estimate of drug-likeness (QED) is 0.294. The summed E-state index contributed by atoms with van der Waals surface area (Å²) >= 11 is 0. The van der Waals surface area contributed by atoms with Crippen molar-refractivity contribution in [3.8, 4) is 0 Å². The molecule has 0 bridgehead atoms. The Morgan fingerprint density at radius 3 is 2.36 bits per heavy atom. The van der Waals surface area contributed by atoms with E-state index < -0.39 is 0 Å². The van der Waals surface area contributed by atoms with Crippen LogP contribution in [-0.2, 0) is 4.74 Å². The first-order valence-corrected chi connectivity index (χ1v) is 15.0. The van der Waals surface area contributed by atoms with E-state index in [1.165, 1.54) is 57.8 Å². The lowest BCUT2D eigenvalue weighted by atomic mass is 9.68. The number of rotatable bonds is 9. The topological polar surface area (TPSA) is 89.7 Å². The maximum Gasteiger partial charge on any atom is 0.321 e. The molecule has 1 aliphatic heterocycles.